The molecule has 0 unspecified atom stereocenters. The Bertz CT molecular complexity index is 1110. The molecular formula is C20H22ClN3O3S2. The van der Waals surface area contributed by atoms with Crippen LogP contribution in [0.25, 0.3) is 10.2 Å². The van der Waals surface area contributed by atoms with Gasteiger partial charge < -0.3 is 4.90 Å². The van der Waals surface area contributed by atoms with Crippen LogP contribution in [-0.2, 0) is 16.6 Å². The van der Waals surface area contributed by atoms with E-state index in [1.807, 2.05) is 24.3 Å². The Labute approximate surface area is 179 Å². The Morgan fingerprint density at radius 1 is 1.14 bits per heavy atom. The highest BCUT2D eigenvalue weighted by atomic mass is 35.5. The van der Waals surface area contributed by atoms with Crippen LogP contribution < -0.4 is 0 Å². The van der Waals surface area contributed by atoms with E-state index in [2.05, 4.69) is 4.98 Å². The van der Waals surface area contributed by atoms with Gasteiger partial charge in [0.1, 0.15) is 9.90 Å². The molecule has 0 aliphatic rings. The third-order valence-electron chi connectivity index (χ3n) is 4.56. The maximum atomic E-state index is 12.9. The Balaban J connectivity index is 1.87. The molecule has 3 aromatic rings. The Kier molecular flexibility index (Phi) is 6.58. The number of fused-ring (bicyclic) bond motifs is 1. The fraction of sp³-hybridized carbons (Fsp3) is 0.300. The lowest BCUT2D eigenvalue weighted by Crippen LogP contribution is -2.31. The zero-order chi connectivity index (χ0) is 21.2. The lowest BCUT2D eigenvalue weighted by Gasteiger charge is -2.20. The van der Waals surface area contributed by atoms with Crippen molar-refractivity contribution >= 4 is 49.1 Å². The number of aromatic nitrogens is 1. The second-order valence-corrected chi connectivity index (χ2v) is 9.90. The number of halogens is 1. The van der Waals surface area contributed by atoms with Crippen LogP contribution >= 0.6 is 22.9 Å². The number of hydrogen-bond donors (Lipinski definition) is 0. The number of thiazole rings is 1. The van der Waals surface area contributed by atoms with E-state index in [0.29, 0.717) is 19.6 Å². The summed E-state index contributed by atoms with van der Waals surface area (Å²) in [7, 11) is -2.10. The molecule has 0 aliphatic carbocycles. The number of para-hydroxylation sites is 1. The molecule has 154 valence electrons. The van der Waals surface area contributed by atoms with E-state index in [0.717, 1.165) is 15.2 Å². The molecule has 0 aliphatic heterocycles. The second-order valence-electron chi connectivity index (χ2n) is 6.47. The van der Waals surface area contributed by atoms with Gasteiger partial charge in [-0.15, -0.1) is 11.3 Å². The summed E-state index contributed by atoms with van der Waals surface area (Å²) >= 11 is 7.69. The summed E-state index contributed by atoms with van der Waals surface area (Å²) in [5, 5.41) is 0.911. The lowest BCUT2D eigenvalue weighted by molar-refractivity contribution is 0.0785. The Morgan fingerprint density at radius 3 is 2.48 bits per heavy atom. The van der Waals surface area contributed by atoms with E-state index < -0.39 is 10.0 Å². The summed E-state index contributed by atoms with van der Waals surface area (Å²) in [6.07, 6.45) is 0. The predicted octanol–water partition coefficient (Wildman–Crippen LogP) is 4.25. The van der Waals surface area contributed by atoms with Gasteiger partial charge in [0.25, 0.3) is 5.91 Å². The smallest absolute Gasteiger partial charge is 0.254 e. The molecule has 6 nitrogen and oxygen atoms in total. The van der Waals surface area contributed by atoms with Crippen LogP contribution in [0.1, 0.15) is 29.2 Å². The topological polar surface area (TPSA) is 70.6 Å². The zero-order valence-corrected chi connectivity index (χ0v) is 18.8. The van der Waals surface area contributed by atoms with Gasteiger partial charge in [0, 0.05) is 25.7 Å². The van der Waals surface area contributed by atoms with Gasteiger partial charge in [-0.05, 0) is 30.3 Å². The zero-order valence-electron chi connectivity index (χ0n) is 16.4. The number of nitrogens with zero attached hydrogens (tertiary/aromatic N) is 3. The van der Waals surface area contributed by atoms with E-state index in [9.17, 15) is 13.2 Å². The van der Waals surface area contributed by atoms with Crippen LogP contribution in [0.15, 0.2) is 47.4 Å². The van der Waals surface area contributed by atoms with Crippen LogP contribution in [0.5, 0.6) is 0 Å². The number of carbonyl (C=O) groups excluding carboxylic acids is 1. The standard InChI is InChI=1S/C20H22ClN3O3S2/c1-4-24(5-2)29(26,27)18-12-14(10-11-15(18)21)20(25)23(3)13-19-22-16-8-6-7-9-17(16)28-19/h6-12H,4-5,13H2,1-3H3. The number of sulfonamides is 1. The van der Waals surface area contributed by atoms with Gasteiger partial charge in [-0.3, -0.25) is 4.79 Å². The Morgan fingerprint density at radius 2 is 1.83 bits per heavy atom. The summed E-state index contributed by atoms with van der Waals surface area (Å²) in [6, 6.07) is 12.1. The molecule has 0 saturated heterocycles. The molecule has 0 bridgehead atoms. The quantitative estimate of drug-likeness (QED) is 0.538. The van der Waals surface area contributed by atoms with Crippen molar-refractivity contribution in [2.45, 2.75) is 25.3 Å². The molecule has 9 heteroatoms. The maximum absolute atomic E-state index is 12.9. The molecule has 3 rings (SSSR count). The van der Waals surface area contributed by atoms with Crippen molar-refractivity contribution in [1.82, 2.24) is 14.2 Å². The van der Waals surface area contributed by atoms with E-state index in [1.54, 1.807) is 27.0 Å². The fourth-order valence-electron chi connectivity index (χ4n) is 3.02. The van der Waals surface area contributed by atoms with E-state index in [4.69, 9.17) is 11.6 Å². The average Bonchev–Trinajstić information content (AvgIpc) is 3.10. The monoisotopic (exact) mass is 451 g/mol. The predicted molar refractivity (Wildman–Crippen MR) is 117 cm³/mol. The molecule has 1 aromatic heterocycles. The SMILES string of the molecule is CCN(CC)S(=O)(=O)c1cc(C(=O)N(C)Cc2nc3ccccc3s2)ccc1Cl. The molecule has 0 radical (unpaired) electrons. The fourth-order valence-corrected chi connectivity index (χ4v) is 6.00. The molecule has 0 atom stereocenters. The minimum Gasteiger partial charge on any atom is -0.335 e. The first kappa shape index (κ1) is 21.7. The third-order valence-corrected chi connectivity index (χ3v) is 8.11. The van der Waals surface area contributed by atoms with Crippen LogP contribution in [0, 0.1) is 0 Å². The number of benzene rings is 2. The molecule has 29 heavy (non-hydrogen) atoms. The van der Waals surface area contributed by atoms with Crippen molar-refractivity contribution in [3.63, 3.8) is 0 Å². The van der Waals surface area contributed by atoms with Crippen LogP contribution in [0.3, 0.4) is 0 Å². The van der Waals surface area contributed by atoms with E-state index >= 15 is 0 Å². The molecule has 0 saturated carbocycles. The number of amides is 1. The molecular weight excluding hydrogens is 430 g/mol. The average molecular weight is 452 g/mol. The molecule has 0 fully saturated rings. The van der Waals surface area contributed by atoms with Crippen LogP contribution in [0.2, 0.25) is 5.02 Å². The number of hydrogen-bond acceptors (Lipinski definition) is 5. The van der Waals surface area contributed by atoms with Gasteiger partial charge in [0.05, 0.1) is 21.8 Å². The normalized spacial score (nSPS) is 11.9. The highest BCUT2D eigenvalue weighted by Gasteiger charge is 2.26. The summed E-state index contributed by atoms with van der Waals surface area (Å²) in [5.41, 5.74) is 1.16. The highest BCUT2D eigenvalue weighted by molar-refractivity contribution is 7.89. The Hall–Kier alpha value is -2.00. The van der Waals surface area contributed by atoms with Crippen molar-refractivity contribution in [1.29, 1.82) is 0 Å². The van der Waals surface area contributed by atoms with Crippen LogP contribution in [-0.4, -0.2) is 48.7 Å². The first-order valence-corrected chi connectivity index (χ1v) is 11.8. The minimum atomic E-state index is -3.77. The van der Waals surface area contributed by atoms with Crippen molar-refractivity contribution < 1.29 is 13.2 Å². The summed E-state index contributed by atoms with van der Waals surface area (Å²) in [4.78, 5) is 18.9. The number of carbonyl (C=O) groups is 1. The summed E-state index contributed by atoms with van der Waals surface area (Å²) in [5.74, 6) is -0.295. The largest absolute Gasteiger partial charge is 0.335 e. The maximum Gasteiger partial charge on any atom is 0.254 e. The number of rotatable bonds is 7. The van der Waals surface area contributed by atoms with Crippen LogP contribution in [0.4, 0.5) is 0 Å². The van der Waals surface area contributed by atoms with Gasteiger partial charge in [0.2, 0.25) is 10.0 Å². The minimum absolute atomic E-state index is 0.0536. The third kappa shape index (κ3) is 4.45. The molecule has 2 aromatic carbocycles. The van der Waals surface area contributed by atoms with E-state index in [1.165, 1.54) is 32.7 Å². The second kappa shape index (κ2) is 8.79. The summed E-state index contributed by atoms with van der Waals surface area (Å²) in [6.45, 7) is 4.50. The van der Waals surface area contributed by atoms with Gasteiger partial charge in [-0.25, -0.2) is 13.4 Å². The van der Waals surface area contributed by atoms with Gasteiger partial charge in [0.15, 0.2) is 0 Å². The summed E-state index contributed by atoms with van der Waals surface area (Å²) < 4.78 is 28.1. The van der Waals surface area contributed by atoms with Crippen molar-refractivity contribution in [2.24, 2.45) is 0 Å². The van der Waals surface area contributed by atoms with Gasteiger partial charge in [-0.2, -0.15) is 4.31 Å². The molecule has 0 spiro atoms. The van der Waals surface area contributed by atoms with Gasteiger partial charge >= 0.3 is 0 Å². The first-order valence-electron chi connectivity index (χ1n) is 9.17. The van der Waals surface area contributed by atoms with E-state index in [-0.39, 0.29) is 21.4 Å². The lowest BCUT2D eigenvalue weighted by atomic mass is 10.2. The van der Waals surface area contributed by atoms with Crippen molar-refractivity contribution in [2.75, 3.05) is 20.1 Å². The molecule has 1 heterocycles. The molecule has 1 amide bonds. The van der Waals surface area contributed by atoms with Crippen molar-refractivity contribution in [3.8, 4) is 0 Å². The van der Waals surface area contributed by atoms with Gasteiger partial charge in [-0.1, -0.05) is 37.6 Å². The van der Waals surface area contributed by atoms with Crippen molar-refractivity contribution in [3.05, 3.63) is 58.1 Å². The highest BCUT2D eigenvalue weighted by Crippen LogP contribution is 2.27. The molecule has 0 N–H and O–H groups in total. The first-order chi connectivity index (χ1) is 13.8.